The molecule has 0 unspecified atom stereocenters. The van der Waals surface area contributed by atoms with Crippen molar-refractivity contribution in [1.29, 1.82) is 0 Å². The van der Waals surface area contributed by atoms with Crippen LogP contribution >= 0.6 is 23.1 Å². The molecule has 1 saturated carbocycles. The van der Waals surface area contributed by atoms with Gasteiger partial charge in [0, 0.05) is 10.8 Å². The Kier molecular flexibility index (Phi) is 3.95. The van der Waals surface area contributed by atoms with E-state index in [0.717, 1.165) is 16.6 Å². The van der Waals surface area contributed by atoms with E-state index in [-0.39, 0.29) is 5.69 Å². The summed E-state index contributed by atoms with van der Waals surface area (Å²) in [7, 11) is 0. The quantitative estimate of drug-likeness (QED) is 0.522. The Bertz CT molecular complexity index is 1200. The highest BCUT2D eigenvalue weighted by Gasteiger charge is 2.25. The summed E-state index contributed by atoms with van der Waals surface area (Å²) in [6.45, 7) is 0. The summed E-state index contributed by atoms with van der Waals surface area (Å²) in [6, 6.07) is 13.6. The zero-order valence-electron chi connectivity index (χ0n) is 14.2. The molecule has 4 aromatic rings. The van der Waals surface area contributed by atoms with Crippen LogP contribution in [0.15, 0.2) is 58.8 Å². The molecule has 1 fully saturated rings. The highest BCUT2D eigenvalue weighted by Crippen LogP contribution is 2.41. The van der Waals surface area contributed by atoms with Crippen molar-refractivity contribution in [2.45, 2.75) is 18.8 Å². The van der Waals surface area contributed by atoms with Gasteiger partial charge >= 0.3 is 5.69 Å². The van der Waals surface area contributed by atoms with Crippen molar-refractivity contribution >= 4 is 45.5 Å². The number of hydrogen-bond donors (Lipinski definition) is 1. The number of fused-ring (bicyclic) bond motifs is 1. The molecular weight excluding hydrogens is 380 g/mol. The molecule has 7 heteroatoms. The minimum absolute atomic E-state index is 0.366. The average molecular weight is 395 g/mol. The topological polar surface area (TPSA) is 59.8 Å². The molecule has 0 atom stereocenters. The van der Waals surface area contributed by atoms with Crippen LogP contribution in [0.4, 0.5) is 11.5 Å². The smallest absolute Gasteiger partial charge is 0.338 e. The van der Waals surface area contributed by atoms with E-state index in [2.05, 4.69) is 26.8 Å². The molecule has 1 N–H and O–H groups in total. The first-order chi connectivity index (χ1) is 13.2. The predicted molar refractivity (Wildman–Crippen MR) is 110 cm³/mol. The zero-order valence-corrected chi connectivity index (χ0v) is 15.8. The number of nitrogens with zero attached hydrogens (tertiary/aromatic N) is 3. The number of anilines is 2. The van der Waals surface area contributed by atoms with Crippen LogP contribution < -0.4 is 11.0 Å². The molecular formula is C20H15ClN4OS. The monoisotopic (exact) mass is 394 g/mol. The second-order valence-electron chi connectivity index (χ2n) is 6.62. The van der Waals surface area contributed by atoms with Gasteiger partial charge in [-0.15, -0.1) is 0 Å². The van der Waals surface area contributed by atoms with Gasteiger partial charge < -0.3 is 5.32 Å². The maximum absolute atomic E-state index is 13.0. The molecule has 2 aromatic carbocycles. The van der Waals surface area contributed by atoms with Gasteiger partial charge in [0.1, 0.15) is 5.82 Å². The van der Waals surface area contributed by atoms with E-state index >= 15 is 0 Å². The van der Waals surface area contributed by atoms with E-state index in [4.69, 9.17) is 11.6 Å². The zero-order chi connectivity index (χ0) is 18.4. The van der Waals surface area contributed by atoms with E-state index in [9.17, 15) is 4.79 Å². The van der Waals surface area contributed by atoms with Crippen LogP contribution in [0, 0.1) is 0 Å². The summed E-state index contributed by atoms with van der Waals surface area (Å²) >= 11 is 7.73. The summed E-state index contributed by atoms with van der Waals surface area (Å²) in [5, 5.41) is 6.48. The molecule has 2 aromatic heterocycles. The van der Waals surface area contributed by atoms with Crippen molar-refractivity contribution in [1.82, 2.24) is 13.9 Å². The van der Waals surface area contributed by atoms with E-state index in [1.54, 1.807) is 16.8 Å². The van der Waals surface area contributed by atoms with Crippen LogP contribution in [0.5, 0.6) is 0 Å². The molecule has 5 nitrogen and oxygen atoms in total. The molecule has 0 saturated heterocycles. The minimum Gasteiger partial charge on any atom is -0.338 e. The third-order valence-electron chi connectivity index (χ3n) is 4.75. The lowest BCUT2D eigenvalue weighted by Gasteiger charge is -2.15. The standard InChI is InChI=1S/C20H15ClN4OS/c21-16-3-1-2-4-17(16)25-18-9-13(12-5-6-12)7-8-15(18)19(24-20(25)26)23-14-10-22-27-11-14/h1-4,7-12H,5-6H2,(H,23,24,26). The third-order valence-corrected chi connectivity index (χ3v) is 5.66. The van der Waals surface area contributed by atoms with E-state index in [0.29, 0.717) is 22.4 Å². The van der Waals surface area contributed by atoms with Crippen molar-refractivity contribution in [2.24, 2.45) is 0 Å². The van der Waals surface area contributed by atoms with Crippen molar-refractivity contribution in [3.8, 4) is 5.69 Å². The Morgan fingerprint density at radius 3 is 2.78 bits per heavy atom. The van der Waals surface area contributed by atoms with Gasteiger partial charge in [0.2, 0.25) is 0 Å². The maximum Gasteiger partial charge on any atom is 0.354 e. The lowest BCUT2D eigenvalue weighted by Crippen LogP contribution is -2.23. The van der Waals surface area contributed by atoms with Gasteiger partial charge in [-0.05, 0) is 60.1 Å². The van der Waals surface area contributed by atoms with E-state index < -0.39 is 0 Å². The molecule has 1 aliphatic carbocycles. The van der Waals surface area contributed by atoms with Crippen molar-refractivity contribution < 1.29 is 0 Å². The van der Waals surface area contributed by atoms with Crippen molar-refractivity contribution in [3.05, 3.63) is 75.1 Å². The van der Waals surface area contributed by atoms with Gasteiger partial charge in [-0.3, -0.25) is 4.57 Å². The molecule has 0 aliphatic heterocycles. The molecule has 0 spiro atoms. The van der Waals surface area contributed by atoms with Crippen LogP contribution in [0.3, 0.4) is 0 Å². The second kappa shape index (κ2) is 6.48. The fourth-order valence-electron chi connectivity index (χ4n) is 3.28. The molecule has 134 valence electrons. The normalized spacial score (nSPS) is 13.8. The third kappa shape index (κ3) is 3.01. The fraction of sp³-hybridized carbons (Fsp3) is 0.150. The van der Waals surface area contributed by atoms with Crippen molar-refractivity contribution in [3.63, 3.8) is 0 Å². The number of benzene rings is 2. The van der Waals surface area contributed by atoms with Crippen LogP contribution in [-0.4, -0.2) is 13.9 Å². The molecule has 1 aliphatic rings. The van der Waals surface area contributed by atoms with E-state index in [1.807, 2.05) is 29.6 Å². The fourth-order valence-corrected chi connectivity index (χ4v) is 3.97. The summed E-state index contributed by atoms with van der Waals surface area (Å²) in [4.78, 5) is 17.3. The van der Waals surface area contributed by atoms with Crippen molar-refractivity contribution in [2.75, 3.05) is 5.32 Å². The summed E-state index contributed by atoms with van der Waals surface area (Å²) < 4.78 is 5.69. The van der Waals surface area contributed by atoms with Gasteiger partial charge in [-0.25, -0.2) is 4.79 Å². The van der Waals surface area contributed by atoms with Gasteiger partial charge in [0.25, 0.3) is 0 Å². The SMILES string of the molecule is O=c1nc(Nc2cnsc2)c2ccc(C3CC3)cc2n1-c1ccccc1Cl. The van der Waals surface area contributed by atoms with Gasteiger partial charge in [0.05, 0.1) is 28.1 Å². The van der Waals surface area contributed by atoms with Crippen LogP contribution in [-0.2, 0) is 0 Å². The lowest BCUT2D eigenvalue weighted by atomic mass is 10.1. The van der Waals surface area contributed by atoms with Gasteiger partial charge in [-0.2, -0.15) is 9.36 Å². The predicted octanol–water partition coefficient (Wildman–Crippen LogP) is 5.12. The molecule has 2 heterocycles. The molecule has 0 radical (unpaired) electrons. The highest BCUT2D eigenvalue weighted by atomic mass is 35.5. The molecule has 27 heavy (non-hydrogen) atoms. The number of rotatable bonds is 4. The number of halogens is 1. The summed E-state index contributed by atoms with van der Waals surface area (Å²) in [5.41, 5.74) is 3.14. The lowest BCUT2D eigenvalue weighted by molar-refractivity contribution is 0.960. The average Bonchev–Trinajstić information content (AvgIpc) is 3.40. The highest BCUT2D eigenvalue weighted by molar-refractivity contribution is 7.04. The largest absolute Gasteiger partial charge is 0.354 e. The van der Waals surface area contributed by atoms with Crippen LogP contribution in [0.1, 0.15) is 24.3 Å². The summed E-state index contributed by atoms with van der Waals surface area (Å²) in [5.74, 6) is 1.11. The number of aromatic nitrogens is 3. The van der Waals surface area contributed by atoms with Crippen LogP contribution in [0.2, 0.25) is 5.02 Å². The van der Waals surface area contributed by atoms with Crippen LogP contribution in [0.25, 0.3) is 16.6 Å². The first-order valence-corrected chi connectivity index (χ1v) is 9.90. The first kappa shape index (κ1) is 16.5. The second-order valence-corrected chi connectivity index (χ2v) is 7.68. The molecule has 0 bridgehead atoms. The number of para-hydroxylation sites is 1. The number of nitrogens with one attached hydrogen (secondary N) is 1. The Morgan fingerprint density at radius 2 is 2.04 bits per heavy atom. The molecule has 0 amide bonds. The number of hydrogen-bond acceptors (Lipinski definition) is 5. The Balaban J connectivity index is 1.79. The molecule has 5 rings (SSSR count). The Hall–Kier alpha value is -2.70. The Labute approximate surface area is 164 Å². The van der Waals surface area contributed by atoms with Gasteiger partial charge in [0.15, 0.2) is 0 Å². The van der Waals surface area contributed by atoms with E-state index in [1.165, 1.54) is 29.9 Å². The maximum atomic E-state index is 13.0. The Morgan fingerprint density at radius 1 is 1.19 bits per heavy atom. The van der Waals surface area contributed by atoms with Gasteiger partial charge in [-0.1, -0.05) is 29.8 Å². The minimum atomic E-state index is -0.366. The first-order valence-electron chi connectivity index (χ1n) is 8.69. The summed E-state index contributed by atoms with van der Waals surface area (Å²) in [6.07, 6.45) is 4.10.